The van der Waals surface area contributed by atoms with Gasteiger partial charge in [0.2, 0.25) is 0 Å². The Balaban J connectivity index is 3.17. The Bertz CT molecular complexity index is 694. The number of allylic oxidation sites excluding steroid dienone is 6. The van der Waals surface area contributed by atoms with Gasteiger partial charge in [-0.1, -0.05) is 197 Å². The maximum absolute atomic E-state index is 10.3. The lowest BCUT2D eigenvalue weighted by molar-refractivity contribution is -0.107. The Hall–Kier alpha value is -0.820. The first-order valence-electron chi connectivity index (χ1n) is 22.9. The molecule has 0 spiro atoms. The van der Waals surface area contributed by atoms with Crippen LogP contribution in [0.5, 0.6) is 0 Å². The largest absolute Gasteiger partial charge is 0.303 e. The van der Waals surface area contributed by atoms with E-state index >= 15 is 0 Å². The van der Waals surface area contributed by atoms with Crippen molar-refractivity contribution in [1.29, 1.82) is 0 Å². The van der Waals surface area contributed by atoms with Crippen molar-refractivity contribution in [3.05, 3.63) is 36.5 Å². The van der Waals surface area contributed by atoms with Crippen molar-refractivity contribution < 1.29 is 4.79 Å². The second-order valence-corrected chi connectivity index (χ2v) is 15.8. The SMILES string of the molecule is O=CCCCCCCCCCC/C=C/CCCCCCCCCC/C=C/CCCCCCCCCC/C=C/CCCCCCCCCCCCl. The Labute approximate surface area is 320 Å². The van der Waals surface area contributed by atoms with Crippen molar-refractivity contribution in [2.45, 2.75) is 257 Å². The zero-order valence-corrected chi connectivity index (χ0v) is 34.6. The van der Waals surface area contributed by atoms with Crippen molar-refractivity contribution in [1.82, 2.24) is 0 Å². The maximum Gasteiger partial charge on any atom is 0.119 e. The normalized spacial score (nSPS) is 12.0. The van der Waals surface area contributed by atoms with Crippen molar-refractivity contribution in [2.75, 3.05) is 5.88 Å². The molecule has 0 saturated carbocycles. The predicted octanol–water partition coefficient (Wildman–Crippen LogP) is 17.7. The Morgan fingerprint density at radius 2 is 0.380 bits per heavy atom. The summed E-state index contributed by atoms with van der Waals surface area (Å²) in [7, 11) is 0. The monoisotopic (exact) mass is 717 g/mol. The van der Waals surface area contributed by atoms with Gasteiger partial charge in [-0.05, 0) is 89.9 Å². The fraction of sp³-hybridized carbons (Fsp3) is 0.854. The molecule has 0 unspecified atom stereocenters. The molecule has 0 bridgehead atoms. The molecule has 0 aromatic rings. The van der Waals surface area contributed by atoms with E-state index in [1.165, 1.54) is 244 Å². The summed E-state index contributed by atoms with van der Waals surface area (Å²) in [6, 6.07) is 0. The number of hydrogen-bond acceptors (Lipinski definition) is 1. The summed E-state index contributed by atoms with van der Waals surface area (Å²) < 4.78 is 0. The summed E-state index contributed by atoms with van der Waals surface area (Å²) in [5.41, 5.74) is 0. The summed E-state index contributed by atoms with van der Waals surface area (Å²) in [6.07, 6.45) is 69.7. The van der Waals surface area contributed by atoms with Gasteiger partial charge in [0.25, 0.3) is 0 Å². The molecular weight excluding hydrogens is 628 g/mol. The number of rotatable bonds is 44. The summed E-state index contributed by atoms with van der Waals surface area (Å²) in [5, 5.41) is 0. The molecule has 0 aliphatic carbocycles. The first-order chi connectivity index (χ1) is 24.9. The Kier molecular flexibility index (Phi) is 47.4. The van der Waals surface area contributed by atoms with Gasteiger partial charge in [-0.15, -0.1) is 11.6 Å². The predicted molar refractivity (Wildman–Crippen MR) is 229 cm³/mol. The number of halogens is 1. The molecule has 0 fully saturated rings. The van der Waals surface area contributed by atoms with Crippen LogP contribution in [0.1, 0.15) is 257 Å². The first kappa shape index (κ1) is 49.2. The van der Waals surface area contributed by atoms with E-state index in [9.17, 15) is 4.79 Å². The van der Waals surface area contributed by atoms with Crippen LogP contribution in [0, 0.1) is 0 Å². The number of unbranched alkanes of at least 4 members (excludes halogenated alkanes) is 36. The topological polar surface area (TPSA) is 17.1 Å². The summed E-state index contributed by atoms with van der Waals surface area (Å²) in [5.74, 6) is 0.836. The molecule has 0 aromatic heterocycles. The molecule has 0 atom stereocenters. The van der Waals surface area contributed by atoms with Gasteiger partial charge >= 0.3 is 0 Å². The Morgan fingerprint density at radius 3 is 0.560 bits per heavy atom. The third kappa shape index (κ3) is 47.2. The standard InChI is InChI=1S/C48H89ClO/c49-47-45-43-41-39-37-35-33-31-29-27-25-23-21-19-17-15-13-11-9-7-5-3-1-2-4-6-8-10-12-14-16-18-20-22-24-26-28-30-32-34-36-38-40-42-44-46-48-50/h1-2,23-26,48H,3-22,27-47H2/b2-1+,25-23+,26-24+. The number of carbonyl (C=O) groups excluding carboxylic acids is 1. The van der Waals surface area contributed by atoms with Crippen LogP contribution in [0.2, 0.25) is 0 Å². The van der Waals surface area contributed by atoms with Crippen molar-refractivity contribution in [3.8, 4) is 0 Å². The Morgan fingerprint density at radius 1 is 0.220 bits per heavy atom. The van der Waals surface area contributed by atoms with Crippen LogP contribution in [0.15, 0.2) is 36.5 Å². The van der Waals surface area contributed by atoms with Gasteiger partial charge in [-0.2, -0.15) is 0 Å². The molecule has 50 heavy (non-hydrogen) atoms. The van der Waals surface area contributed by atoms with E-state index < -0.39 is 0 Å². The smallest absolute Gasteiger partial charge is 0.119 e. The molecule has 0 aromatic carbocycles. The lowest BCUT2D eigenvalue weighted by atomic mass is 10.0. The minimum absolute atomic E-state index is 0.753. The van der Waals surface area contributed by atoms with Crippen molar-refractivity contribution >= 4 is 17.9 Å². The number of hydrogen-bond donors (Lipinski definition) is 0. The molecule has 0 rings (SSSR count). The average molecular weight is 718 g/mol. The zero-order valence-electron chi connectivity index (χ0n) is 33.8. The van der Waals surface area contributed by atoms with E-state index in [2.05, 4.69) is 36.5 Å². The minimum Gasteiger partial charge on any atom is -0.303 e. The lowest BCUT2D eigenvalue weighted by Gasteiger charge is -2.02. The summed E-state index contributed by atoms with van der Waals surface area (Å²) in [4.78, 5) is 10.3. The van der Waals surface area contributed by atoms with Crippen LogP contribution >= 0.6 is 11.6 Å². The lowest BCUT2D eigenvalue weighted by Crippen LogP contribution is -1.82. The molecule has 0 aliphatic rings. The van der Waals surface area contributed by atoms with Crippen LogP contribution in [0.4, 0.5) is 0 Å². The fourth-order valence-corrected chi connectivity index (χ4v) is 7.21. The van der Waals surface area contributed by atoms with Crippen molar-refractivity contribution in [3.63, 3.8) is 0 Å². The number of carbonyl (C=O) groups is 1. The fourth-order valence-electron chi connectivity index (χ4n) is 7.02. The highest BCUT2D eigenvalue weighted by atomic mass is 35.5. The first-order valence-corrected chi connectivity index (χ1v) is 23.4. The molecule has 0 amide bonds. The molecule has 1 nitrogen and oxygen atoms in total. The average Bonchev–Trinajstić information content (AvgIpc) is 3.13. The van der Waals surface area contributed by atoms with Gasteiger partial charge in [-0.25, -0.2) is 0 Å². The van der Waals surface area contributed by atoms with E-state index in [0.717, 1.165) is 25.0 Å². The highest BCUT2D eigenvalue weighted by Gasteiger charge is 1.96. The molecule has 0 N–H and O–H groups in total. The summed E-state index contributed by atoms with van der Waals surface area (Å²) >= 11 is 5.73. The molecule has 0 radical (unpaired) electrons. The van der Waals surface area contributed by atoms with Gasteiger partial charge in [0.1, 0.15) is 6.29 Å². The third-order valence-corrected chi connectivity index (χ3v) is 10.7. The van der Waals surface area contributed by atoms with Gasteiger partial charge in [-0.3, -0.25) is 0 Å². The van der Waals surface area contributed by atoms with Gasteiger partial charge < -0.3 is 4.79 Å². The van der Waals surface area contributed by atoms with E-state index in [-0.39, 0.29) is 0 Å². The van der Waals surface area contributed by atoms with Gasteiger partial charge in [0.05, 0.1) is 0 Å². The molecule has 0 aliphatic heterocycles. The van der Waals surface area contributed by atoms with E-state index in [0.29, 0.717) is 0 Å². The van der Waals surface area contributed by atoms with Crippen LogP contribution in [-0.2, 0) is 4.79 Å². The molecular formula is C48H89ClO. The molecule has 0 heterocycles. The van der Waals surface area contributed by atoms with E-state index in [1.54, 1.807) is 0 Å². The number of aldehydes is 1. The quantitative estimate of drug-likeness (QED) is 0.0265. The highest BCUT2D eigenvalue weighted by Crippen LogP contribution is 2.15. The summed E-state index contributed by atoms with van der Waals surface area (Å²) in [6.45, 7) is 0. The second kappa shape index (κ2) is 48.2. The minimum atomic E-state index is 0.753. The molecule has 0 saturated heterocycles. The van der Waals surface area contributed by atoms with Gasteiger partial charge in [0.15, 0.2) is 0 Å². The molecule has 294 valence electrons. The number of alkyl halides is 1. The van der Waals surface area contributed by atoms with Crippen molar-refractivity contribution in [2.24, 2.45) is 0 Å². The van der Waals surface area contributed by atoms with E-state index in [1.807, 2.05) is 0 Å². The maximum atomic E-state index is 10.3. The third-order valence-electron chi connectivity index (χ3n) is 10.4. The highest BCUT2D eigenvalue weighted by molar-refractivity contribution is 6.17. The zero-order chi connectivity index (χ0) is 35.9. The molecule has 2 heteroatoms. The van der Waals surface area contributed by atoms with Crippen LogP contribution in [0.3, 0.4) is 0 Å². The van der Waals surface area contributed by atoms with Crippen LogP contribution in [0.25, 0.3) is 0 Å². The van der Waals surface area contributed by atoms with Gasteiger partial charge in [0, 0.05) is 12.3 Å². The van der Waals surface area contributed by atoms with Crippen LogP contribution in [-0.4, -0.2) is 12.2 Å². The van der Waals surface area contributed by atoms with E-state index in [4.69, 9.17) is 11.6 Å². The van der Waals surface area contributed by atoms with Crippen LogP contribution < -0.4 is 0 Å². The second-order valence-electron chi connectivity index (χ2n) is 15.5.